The summed E-state index contributed by atoms with van der Waals surface area (Å²) in [4.78, 5) is 0. The Labute approximate surface area is 388 Å². The molecule has 0 N–H and O–H groups in total. The van der Waals surface area contributed by atoms with Crippen LogP contribution >= 0.6 is 0 Å². The van der Waals surface area contributed by atoms with Crippen molar-refractivity contribution in [1.82, 2.24) is 9.13 Å². The van der Waals surface area contributed by atoms with Crippen molar-refractivity contribution in [3.05, 3.63) is 277 Å². The second-order valence-electron chi connectivity index (χ2n) is 18.0. The molecule has 0 bridgehead atoms. The number of aromatic nitrogens is 2. The minimum Gasteiger partial charge on any atom is -0.317 e. The third-order valence-electron chi connectivity index (χ3n) is 14.6. The summed E-state index contributed by atoms with van der Waals surface area (Å²) >= 11 is 0. The normalized spacial score (nSPS) is 12.9. The van der Waals surface area contributed by atoms with Crippen molar-refractivity contribution >= 4 is 54.3 Å². The number of hydrogen-bond acceptors (Lipinski definition) is 0. The van der Waals surface area contributed by atoms with Crippen LogP contribution in [0.15, 0.2) is 255 Å². The Hall–Kier alpha value is -8.72. The molecule has 0 saturated carbocycles. The highest BCUT2D eigenvalue weighted by molar-refractivity contribution is 6.32. The molecule has 0 unspecified atom stereocenters. The predicted molar refractivity (Wildman–Crippen MR) is 281 cm³/mol. The van der Waals surface area contributed by atoms with Gasteiger partial charge in [-0.15, -0.1) is 0 Å². The monoisotopic (exact) mass is 850 g/mol. The average molecular weight is 851 g/mol. The van der Waals surface area contributed by atoms with Gasteiger partial charge in [0.15, 0.2) is 0 Å². The second kappa shape index (κ2) is 14.7. The van der Waals surface area contributed by atoms with Crippen LogP contribution in [0, 0.1) is 0 Å². The van der Waals surface area contributed by atoms with Crippen LogP contribution in [0.5, 0.6) is 0 Å². The first-order chi connectivity index (χ1) is 33.2. The number of fused-ring (bicyclic) bond motifs is 12. The van der Waals surface area contributed by atoms with Crippen molar-refractivity contribution in [1.29, 1.82) is 0 Å². The topological polar surface area (TPSA) is 9.86 Å². The summed E-state index contributed by atoms with van der Waals surface area (Å²) in [6, 6.07) is 92.2. The van der Waals surface area contributed by atoms with E-state index >= 15 is 0 Å². The van der Waals surface area contributed by atoms with Gasteiger partial charge in [-0.3, -0.25) is 0 Å². The van der Waals surface area contributed by atoms with Crippen molar-refractivity contribution in [2.24, 2.45) is 0 Å². The molecule has 14 rings (SSSR count). The van der Waals surface area contributed by atoms with E-state index < -0.39 is 5.41 Å². The van der Waals surface area contributed by atoms with E-state index in [1.54, 1.807) is 0 Å². The number of benzene rings is 11. The maximum atomic E-state index is 2.56. The molecule has 0 radical (unpaired) electrons. The minimum atomic E-state index is -0.506. The largest absolute Gasteiger partial charge is 0.317 e. The summed E-state index contributed by atoms with van der Waals surface area (Å²) in [6.45, 7) is 0. The van der Waals surface area contributed by atoms with Gasteiger partial charge in [0, 0.05) is 39.1 Å². The molecule has 0 spiro atoms. The van der Waals surface area contributed by atoms with Gasteiger partial charge in [0.05, 0.1) is 22.0 Å². The van der Waals surface area contributed by atoms with E-state index in [9.17, 15) is 0 Å². The summed E-state index contributed by atoms with van der Waals surface area (Å²) in [5, 5.41) is 8.77. The van der Waals surface area contributed by atoms with E-state index in [2.05, 4.69) is 264 Å². The molecule has 13 aromatic rings. The van der Waals surface area contributed by atoms with Crippen LogP contribution in [-0.2, 0) is 5.41 Å². The van der Waals surface area contributed by atoms with Gasteiger partial charge in [0.25, 0.3) is 0 Å². The molecule has 2 aromatic heterocycles. The lowest BCUT2D eigenvalue weighted by atomic mass is 9.67. The lowest BCUT2D eigenvalue weighted by molar-refractivity contribution is 0.767. The molecular formula is C65H42N2. The van der Waals surface area contributed by atoms with Crippen LogP contribution < -0.4 is 0 Å². The highest BCUT2D eigenvalue weighted by Gasteiger charge is 2.46. The molecule has 11 aromatic carbocycles. The van der Waals surface area contributed by atoms with E-state index in [-0.39, 0.29) is 0 Å². The third-order valence-corrected chi connectivity index (χ3v) is 14.6. The predicted octanol–water partition coefficient (Wildman–Crippen LogP) is 16.7. The van der Waals surface area contributed by atoms with Gasteiger partial charge in [-0.25, -0.2) is 0 Å². The molecule has 67 heavy (non-hydrogen) atoms. The van der Waals surface area contributed by atoms with Crippen LogP contribution in [0.3, 0.4) is 0 Å². The zero-order valence-corrected chi connectivity index (χ0v) is 36.6. The molecule has 1 aliphatic rings. The average Bonchev–Trinajstić information content (AvgIpc) is 4.08. The highest BCUT2D eigenvalue weighted by atomic mass is 15.0. The fraction of sp³-hybridized carbons (Fsp3) is 0.0154. The lowest BCUT2D eigenvalue weighted by Gasteiger charge is -2.34. The van der Waals surface area contributed by atoms with E-state index in [0.29, 0.717) is 0 Å². The van der Waals surface area contributed by atoms with Gasteiger partial charge < -0.3 is 9.13 Å². The van der Waals surface area contributed by atoms with E-state index in [1.807, 2.05) is 0 Å². The van der Waals surface area contributed by atoms with Crippen LogP contribution in [0.2, 0.25) is 0 Å². The molecule has 0 amide bonds. The summed E-state index contributed by atoms with van der Waals surface area (Å²) < 4.78 is 4.85. The summed E-state index contributed by atoms with van der Waals surface area (Å²) in [5.41, 5.74) is 17.9. The molecule has 312 valence electrons. The Morgan fingerprint density at radius 1 is 0.313 bits per heavy atom. The van der Waals surface area contributed by atoms with Crippen molar-refractivity contribution in [3.63, 3.8) is 0 Å². The van der Waals surface area contributed by atoms with Crippen molar-refractivity contribution in [3.8, 4) is 44.8 Å². The van der Waals surface area contributed by atoms with E-state index in [4.69, 9.17) is 0 Å². The maximum absolute atomic E-state index is 2.56. The fourth-order valence-corrected chi connectivity index (χ4v) is 11.7. The second-order valence-corrected chi connectivity index (χ2v) is 18.0. The molecule has 2 nitrogen and oxygen atoms in total. The first-order valence-corrected chi connectivity index (χ1v) is 23.2. The zero-order chi connectivity index (χ0) is 44.1. The molecule has 0 aliphatic heterocycles. The molecular weight excluding hydrogens is 809 g/mol. The van der Waals surface area contributed by atoms with E-state index in [0.717, 1.165) is 11.4 Å². The maximum Gasteiger partial charge on any atom is 0.0714 e. The molecule has 0 saturated heterocycles. The summed E-state index contributed by atoms with van der Waals surface area (Å²) in [6.07, 6.45) is 2.19. The molecule has 2 heteroatoms. The Balaban J connectivity index is 0.987. The van der Waals surface area contributed by atoms with Gasteiger partial charge >= 0.3 is 0 Å². The standard InChI is InChI=1S/C65H42N2/c1-4-16-43(17-5-1)44-28-32-50(33-29-44)66-39-38-47-40-45(30-36-61(47)66)46-31-37-62-58(41-46)63-56-25-12-10-22-52(56)53-23-11-13-26-57(53)64(63)67(62)51-34-35-55-54-24-14-15-27-59(54)65(60(55)42-51,48-18-6-2-7-19-48)49-20-8-3-9-21-49/h1-42H. The van der Waals surface area contributed by atoms with Crippen LogP contribution in [0.25, 0.3) is 99.0 Å². The Bertz CT molecular complexity index is 4020. The van der Waals surface area contributed by atoms with Crippen molar-refractivity contribution in [2.45, 2.75) is 5.41 Å². The zero-order valence-electron chi connectivity index (χ0n) is 36.6. The van der Waals surface area contributed by atoms with Crippen LogP contribution in [-0.4, -0.2) is 9.13 Å². The molecule has 0 atom stereocenters. The molecule has 2 heterocycles. The smallest absolute Gasteiger partial charge is 0.0714 e. The van der Waals surface area contributed by atoms with Crippen molar-refractivity contribution < 1.29 is 0 Å². The van der Waals surface area contributed by atoms with E-state index in [1.165, 1.54) is 110 Å². The van der Waals surface area contributed by atoms with Gasteiger partial charge in [-0.2, -0.15) is 0 Å². The van der Waals surface area contributed by atoms with Crippen LogP contribution in [0.4, 0.5) is 0 Å². The molecule has 1 aliphatic carbocycles. The number of nitrogens with zero attached hydrogens (tertiary/aromatic N) is 2. The fourth-order valence-electron chi connectivity index (χ4n) is 11.7. The first kappa shape index (κ1) is 37.6. The van der Waals surface area contributed by atoms with Gasteiger partial charge in [-0.1, -0.05) is 194 Å². The Kier molecular flexibility index (Phi) is 8.23. The minimum absolute atomic E-state index is 0.506. The third kappa shape index (κ3) is 5.51. The van der Waals surface area contributed by atoms with Gasteiger partial charge in [0.2, 0.25) is 0 Å². The lowest BCUT2D eigenvalue weighted by Crippen LogP contribution is -2.28. The quantitative estimate of drug-likeness (QED) is 0.148. The highest BCUT2D eigenvalue weighted by Crippen LogP contribution is 2.57. The van der Waals surface area contributed by atoms with Crippen molar-refractivity contribution in [2.75, 3.05) is 0 Å². The summed E-state index contributed by atoms with van der Waals surface area (Å²) in [5.74, 6) is 0. The Morgan fingerprint density at radius 3 is 1.58 bits per heavy atom. The summed E-state index contributed by atoms with van der Waals surface area (Å²) in [7, 11) is 0. The van der Waals surface area contributed by atoms with Gasteiger partial charge in [-0.05, 0) is 126 Å². The number of hydrogen-bond donors (Lipinski definition) is 0. The van der Waals surface area contributed by atoms with Crippen LogP contribution in [0.1, 0.15) is 22.3 Å². The first-order valence-electron chi connectivity index (χ1n) is 23.2. The molecule has 0 fully saturated rings. The number of rotatable bonds is 6. The SMILES string of the molecule is c1ccc(-c2ccc(-n3ccc4cc(-c5ccc6c(c5)c5c7ccccc7c7ccccc7c5n6-c5ccc6c(c5)C(c5ccccc5)(c5ccccc5)c5ccccc5-6)ccc43)cc2)cc1. The Morgan fingerprint density at radius 2 is 0.851 bits per heavy atom. The van der Waals surface area contributed by atoms with Gasteiger partial charge in [0.1, 0.15) is 0 Å².